The normalized spacial score (nSPS) is 16.0. The average molecular weight is 391 g/mol. The molecule has 0 N–H and O–H groups in total. The molecule has 1 fully saturated rings. The number of allylic oxidation sites excluding steroid dienone is 8. The van der Waals surface area contributed by atoms with Gasteiger partial charge in [0.25, 0.3) is 0 Å². The van der Waals surface area contributed by atoms with Crippen LogP contribution in [0.2, 0.25) is 0 Å². The summed E-state index contributed by atoms with van der Waals surface area (Å²) < 4.78 is 0. The maximum atomic E-state index is 2.99. The van der Waals surface area contributed by atoms with Gasteiger partial charge in [-0.25, -0.2) is 24.3 Å². The van der Waals surface area contributed by atoms with Crippen LogP contribution in [0, 0.1) is 26.0 Å². The van der Waals surface area contributed by atoms with Crippen molar-refractivity contribution in [2.24, 2.45) is 0 Å². The Labute approximate surface area is 157 Å². The molecule has 20 heavy (non-hydrogen) atoms. The topological polar surface area (TPSA) is 0 Å². The summed E-state index contributed by atoms with van der Waals surface area (Å²) in [5.41, 5.74) is 0. The van der Waals surface area contributed by atoms with E-state index >= 15 is 0 Å². The van der Waals surface area contributed by atoms with Gasteiger partial charge in [-0.05, 0) is 0 Å². The van der Waals surface area contributed by atoms with Crippen LogP contribution in [0.3, 0.4) is 0 Å². The van der Waals surface area contributed by atoms with Gasteiger partial charge in [0.1, 0.15) is 0 Å². The molecule has 0 amide bonds. The van der Waals surface area contributed by atoms with E-state index in [-0.39, 0.29) is 58.4 Å². The standard InChI is InChI=1S/C6H11.2C5H5.CH3.2ClH.Zr/c1-2-4-6-5-3-1;2*1-2-4-5-3-1;;;;/h1H,2-6H2;2*1-3H,4H2;1H3;2*1H;/q4*-1;;;+2/p-2. The van der Waals surface area contributed by atoms with E-state index in [2.05, 4.69) is 30.7 Å². The molecule has 0 radical (unpaired) electrons. The van der Waals surface area contributed by atoms with Crippen molar-refractivity contribution in [1.82, 2.24) is 0 Å². The van der Waals surface area contributed by atoms with Crippen LogP contribution in [-0.4, -0.2) is 0 Å². The summed E-state index contributed by atoms with van der Waals surface area (Å²) in [6.45, 7) is 0. The van der Waals surface area contributed by atoms with Crippen LogP contribution in [0.15, 0.2) is 36.5 Å². The van der Waals surface area contributed by atoms with Crippen LogP contribution in [0.1, 0.15) is 44.9 Å². The SMILES string of the molecule is [C-]1=CC=CC1.[C-]1=CC=CC1.[CH-]1CCCCC1.[CH3-].[Cl-].[Cl-].[Zr+2]. The Morgan fingerprint density at radius 3 is 1.30 bits per heavy atom. The van der Waals surface area contributed by atoms with Crippen LogP contribution in [0.25, 0.3) is 0 Å². The first kappa shape index (κ1) is 28.6. The minimum Gasteiger partial charge on any atom is -1.00 e. The number of halogens is 2. The third kappa shape index (κ3) is 20.7. The second kappa shape index (κ2) is 24.4. The predicted molar refractivity (Wildman–Crippen MR) is 76.9 cm³/mol. The third-order valence-corrected chi connectivity index (χ3v) is 2.49. The molecule has 0 aromatic carbocycles. The number of rotatable bonds is 0. The molecule has 0 bridgehead atoms. The van der Waals surface area contributed by atoms with Gasteiger partial charge in [0.15, 0.2) is 0 Å². The Morgan fingerprint density at radius 2 is 1.20 bits per heavy atom. The quantitative estimate of drug-likeness (QED) is 0.476. The van der Waals surface area contributed by atoms with Crippen LogP contribution < -0.4 is 24.8 Å². The van der Waals surface area contributed by atoms with E-state index in [1.807, 2.05) is 24.3 Å². The van der Waals surface area contributed by atoms with Gasteiger partial charge < -0.3 is 38.7 Å². The Kier molecular flexibility index (Phi) is 34.9. The van der Waals surface area contributed by atoms with Crippen molar-refractivity contribution >= 4 is 0 Å². The van der Waals surface area contributed by atoms with Gasteiger partial charge in [0.05, 0.1) is 0 Å². The van der Waals surface area contributed by atoms with Crippen LogP contribution in [0.5, 0.6) is 0 Å². The van der Waals surface area contributed by atoms with Crippen LogP contribution >= 0.6 is 0 Å². The Bertz CT molecular complexity index is 211. The maximum Gasteiger partial charge on any atom is 2.00 e. The smallest absolute Gasteiger partial charge is 1.00 e. The van der Waals surface area contributed by atoms with E-state index in [0.29, 0.717) is 0 Å². The molecule has 1 saturated carbocycles. The zero-order chi connectivity index (χ0) is 11.3. The second-order valence-corrected chi connectivity index (χ2v) is 3.93. The predicted octanol–water partition coefficient (Wildman–Crippen LogP) is -0.778. The molecule has 0 unspecified atom stereocenters. The summed E-state index contributed by atoms with van der Waals surface area (Å²) in [5.74, 6) is 0. The molecular formula is C17H24Cl2Zr-4. The van der Waals surface area contributed by atoms with E-state index < -0.39 is 0 Å². The van der Waals surface area contributed by atoms with Crippen molar-refractivity contribution in [1.29, 1.82) is 0 Å². The number of hydrogen-bond donors (Lipinski definition) is 0. The second-order valence-electron chi connectivity index (χ2n) is 3.93. The van der Waals surface area contributed by atoms with Crippen molar-refractivity contribution in [3.63, 3.8) is 0 Å². The Hall–Kier alpha value is 0.423. The van der Waals surface area contributed by atoms with Gasteiger partial charge in [0.2, 0.25) is 0 Å². The molecule has 0 atom stereocenters. The van der Waals surface area contributed by atoms with E-state index in [4.69, 9.17) is 0 Å². The fraction of sp³-hybridized carbons (Fsp3) is 0.412. The van der Waals surface area contributed by atoms with Gasteiger partial charge in [-0.3, -0.25) is 12.2 Å². The Morgan fingerprint density at radius 1 is 0.750 bits per heavy atom. The first-order valence-electron chi connectivity index (χ1n) is 6.25. The molecule has 3 rings (SSSR count). The summed E-state index contributed by atoms with van der Waals surface area (Å²) in [7, 11) is 0. The first-order valence-corrected chi connectivity index (χ1v) is 6.25. The third-order valence-electron chi connectivity index (χ3n) is 2.49. The number of hydrogen-bond acceptors (Lipinski definition) is 0. The van der Waals surface area contributed by atoms with Gasteiger partial charge in [-0.2, -0.15) is 25.0 Å². The molecule has 0 aromatic rings. The zero-order valence-electron chi connectivity index (χ0n) is 12.2. The van der Waals surface area contributed by atoms with E-state index in [0.717, 1.165) is 12.8 Å². The van der Waals surface area contributed by atoms with E-state index in [1.165, 1.54) is 32.1 Å². The van der Waals surface area contributed by atoms with Crippen LogP contribution in [-0.2, 0) is 26.2 Å². The molecule has 0 spiro atoms. The van der Waals surface area contributed by atoms with Crippen molar-refractivity contribution in [2.45, 2.75) is 44.9 Å². The van der Waals surface area contributed by atoms with Gasteiger partial charge >= 0.3 is 26.2 Å². The minimum absolute atomic E-state index is 0. The van der Waals surface area contributed by atoms with Gasteiger partial charge in [0, 0.05) is 0 Å². The van der Waals surface area contributed by atoms with Crippen molar-refractivity contribution < 1.29 is 51.0 Å². The largest absolute Gasteiger partial charge is 2.00 e. The van der Waals surface area contributed by atoms with Crippen molar-refractivity contribution in [3.05, 3.63) is 62.5 Å². The van der Waals surface area contributed by atoms with E-state index in [9.17, 15) is 0 Å². The molecule has 3 aliphatic carbocycles. The summed E-state index contributed by atoms with van der Waals surface area (Å²) in [6.07, 6.45) is 29.5. The van der Waals surface area contributed by atoms with E-state index in [1.54, 1.807) is 0 Å². The monoisotopic (exact) mass is 388 g/mol. The maximum absolute atomic E-state index is 2.99. The summed E-state index contributed by atoms with van der Waals surface area (Å²) in [6, 6.07) is 0. The molecule has 0 aromatic heterocycles. The van der Waals surface area contributed by atoms with Crippen LogP contribution in [0.4, 0.5) is 0 Å². The molecule has 0 heterocycles. The molecule has 114 valence electrons. The summed E-state index contributed by atoms with van der Waals surface area (Å²) >= 11 is 0. The fourth-order valence-corrected chi connectivity index (χ4v) is 1.58. The Balaban J connectivity index is -0.0000000876. The van der Waals surface area contributed by atoms with Gasteiger partial charge in [-0.1, -0.05) is 19.3 Å². The van der Waals surface area contributed by atoms with Crippen molar-refractivity contribution in [2.75, 3.05) is 0 Å². The van der Waals surface area contributed by atoms with Crippen molar-refractivity contribution in [3.8, 4) is 0 Å². The molecular weight excluding hydrogens is 366 g/mol. The summed E-state index contributed by atoms with van der Waals surface area (Å²) in [5, 5.41) is 0. The molecule has 0 aliphatic heterocycles. The molecule has 3 aliphatic rings. The summed E-state index contributed by atoms with van der Waals surface area (Å²) in [4.78, 5) is 0. The molecule has 0 nitrogen and oxygen atoms in total. The van der Waals surface area contributed by atoms with Gasteiger partial charge in [-0.15, -0.1) is 12.8 Å². The molecule has 0 saturated heterocycles. The minimum atomic E-state index is 0. The first-order chi connectivity index (χ1) is 8.00. The zero-order valence-corrected chi connectivity index (χ0v) is 16.2. The molecule has 3 heteroatoms. The fourth-order valence-electron chi connectivity index (χ4n) is 1.58. The average Bonchev–Trinajstić information content (AvgIpc) is 3.10.